The number of hydrogen-bond donors (Lipinski definition) is 1. The first kappa shape index (κ1) is 19.8. The zero-order chi connectivity index (χ0) is 19.9. The number of para-hydroxylation sites is 1. The molecule has 6 heteroatoms. The largest absolute Gasteiger partial charge is 0.379 e. The van der Waals surface area contributed by atoms with Crippen molar-refractivity contribution in [3.8, 4) is 0 Å². The van der Waals surface area contributed by atoms with Gasteiger partial charge in [-0.1, -0.05) is 36.4 Å². The Morgan fingerprint density at radius 3 is 2.71 bits per heavy atom. The quantitative estimate of drug-likeness (QED) is 0.366. The highest BCUT2D eigenvalue weighted by Crippen LogP contribution is 2.12. The minimum absolute atomic E-state index is 0.0799. The van der Waals surface area contributed by atoms with Gasteiger partial charge in [-0.2, -0.15) is 5.10 Å². The molecule has 0 amide bonds. The van der Waals surface area contributed by atoms with Crippen LogP contribution in [0.3, 0.4) is 0 Å². The van der Waals surface area contributed by atoms with E-state index >= 15 is 0 Å². The average Bonchev–Trinajstić information content (AvgIpc) is 2.68. The van der Waals surface area contributed by atoms with E-state index in [0.29, 0.717) is 36.4 Å². The first-order valence-electron chi connectivity index (χ1n) is 9.52. The SMILES string of the molecule is Cc1ccccc1/C=N\Nc1nc2ccccc2c(=O)n1CCCOC(C)C. The van der Waals surface area contributed by atoms with Crippen LogP contribution >= 0.6 is 0 Å². The highest BCUT2D eigenvalue weighted by Gasteiger charge is 2.10. The third kappa shape index (κ3) is 4.84. The minimum Gasteiger partial charge on any atom is -0.379 e. The number of nitrogens with one attached hydrogen (secondary N) is 1. The third-order valence-electron chi connectivity index (χ3n) is 4.40. The van der Waals surface area contributed by atoms with Crippen molar-refractivity contribution >= 4 is 23.1 Å². The second-order valence-corrected chi connectivity index (χ2v) is 6.91. The van der Waals surface area contributed by atoms with Crippen LogP contribution < -0.4 is 11.0 Å². The van der Waals surface area contributed by atoms with Crippen molar-refractivity contribution in [3.05, 3.63) is 70.0 Å². The second-order valence-electron chi connectivity index (χ2n) is 6.91. The van der Waals surface area contributed by atoms with E-state index in [0.717, 1.165) is 11.1 Å². The molecule has 0 bridgehead atoms. The number of ether oxygens (including phenoxy) is 1. The van der Waals surface area contributed by atoms with Gasteiger partial charge in [0.1, 0.15) is 0 Å². The van der Waals surface area contributed by atoms with Gasteiger partial charge in [-0.3, -0.25) is 9.36 Å². The molecule has 3 aromatic rings. The molecule has 2 aromatic carbocycles. The molecule has 0 atom stereocenters. The molecule has 146 valence electrons. The highest BCUT2D eigenvalue weighted by atomic mass is 16.5. The van der Waals surface area contributed by atoms with Gasteiger partial charge in [0.05, 0.1) is 23.2 Å². The van der Waals surface area contributed by atoms with Crippen LogP contribution in [-0.2, 0) is 11.3 Å². The Kier molecular flexibility index (Phi) is 6.55. The number of anilines is 1. The van der Waals surface area contributed by atoms with Gasteiger partial charge in [-0.05, 0) is 50.5 Å². The van der Waals surface area contributed by atoms with Crippen LogP contribution in [0.4, 0.5) is 5.95 Å². The number of rotatable bonds is 8. The Bertz CT molecular complexity index is 1020. The van der Waals surface area contributed by atoms with E-state index < -0.39 is 0 Å². The number of aryl methyl sites for hydroxylation is 1. The summed E-state index contributed by atoms with van der Waals surface area (Å²) in [5.41, 5.74) is 5.66. The molecule has 28 heavy (non-hydrogen) atoms. The van der Waals surface area contributed by atoms with Crippen molar-refractivity contribution in [3.63, 3.8) is 0 Å². The standard InChI is InChI=1S/C22H26N4O2/c1-16(2)28-14-8-13-26-21(27)19-11-6-7-12-20(19)24-22(26)25-23-15-18-10-5-4-9-17(18)3/h4-7,9-12,15-16H,8,13-14H2,1-3H3,(H,24,25)/b23-15-. The van der Waals surface area contributed by atoms with E-state index in [-0.39, 0.29) is 11.7 Å². The summed E-state index contributed by atoms with van der Waals surface area (Å²) < 4.78 is 7.22. The molecule has 0 fully saturated rings. The summed E-state index contributed by atoms with van der Waals surface area (Å²) in [5.74, 6) is 0.429. The number of benzene rings is 2. The van der Waals surface area contributed by atoms with Gasteiger partial charge in [0.25, 0.3) is 5.56 Å². The molecule has 1 aromatic heterocycles. The van der Waals surface area contributed by atoms with Crippen molar-refractivity contribution < 1.29 is 4.74 Å². The van der Waals surface area contributed by atoms with Crippen LogP contribution in [0.5, 0.6) is 0 Å². The Labute approximate surface area is 164 Å². The van der Waals surface area contributed by atoms with Gasteiger partial charge in [0, 0.05) is 13.2 Å². The fourth-order valence-corrected chi connectivity index (χ4v) is 2.89. The highest BCUT2D eigenvalue weighted by molar-refractivity contribution is 5.82. The molecular weight excluding hydrogens is 352 g/mol. The monoisotopic (exact) mass is 378 g/mol. The van der Waals surface area contributed by atoms with Crippen molar-refractivity contribution in [1.29, 1.82) is 0 Å². The topological polar surface area (TPSA) is 68.5 Å². The van der Waals surface area contributed by atoms with Gasteiger partial charge in [-0.25, -0.2) is 10.4 Å². The predicted octanol–water partition coefficient (Wildman–Crippen LogP) is 3.97. The van der Waals surface area contributed by atoms with E-state index in [2.05, 4.69) is 15.5 Å². The lowest BCUT2D eigenvalue weighted by Gasteiger charge is -2.13. The summed E-state index contributed by atoms with van der Waals surface area (Å²) in [7, 11) is 0. The van der Waals surface area contributed by atoms with Crippen molar-refractivity contribution in [2.24, 2.45) is 5.10 Å². The molecule has 0 radical (unpaired) electrons. The molecule has 0 saturated heterocycles. The summed E-state index contributed by atoms with van der Waals surface area (Å²) in [5, 5.41) is 4.91. The predicted molar refractivity (Wildman–Crippen MR) is 114 cm³/mol. The van der Waals surface area contributed by atoms with Gasteiger partial charge < -0.3 is 4.74 Å². The average molecular weight is 378 g/mol. The smallest absolute Gasteiger partial charge is 0.262 e. The van der Waals surface area contributed by atoms with Crippen LogP contribution in [-0.4, -0.2) is 28.5 Å². The van der Waals surface area contributed by atoms with Crippen LogP contribution in [0.15, 0.2) is 58.4 Å². The molecule has 0 unspecified atom stereocenters. The van der Waals surface area contributed by atoms with Crippen LogP contribution in [0.2, 0.25) is 0 Å². The lowest BCUT2D eigenvalue weighted by atomic mass is 10.1. The zero-order valence-electron chi connectivity index (χ0n) is 16.6. The second kappa shape index (κ2) is 9.28. The molecule has 0 saturated carbocycles. The van der Waals surface area contributed by atoms with E-state index in [1.807, 2.05) is 63.2 Å². The van der Waals surface area contributed by atoms with Crippen LogP contribution in [0.25, 0.3) is 10.9 Å². The normalized spacial score (nSPS) is 11.6. The number of hydrazone groups is 1. The Morgan fingerprint density at radius 1 is 1.18 bits per heavy atom. The molecule has 1 N–H and O–H groups in total. The number of aromatic nitrogens is 2. The minimum atomic E-state index is -0.0799. The van der Waals surface area contributed by atoms with Crippen molar-refractivity contribution in [2.75, 3.05) is 12.0 Å². The van der Waals surface area contributed by atoms with Gasteiger partial charge >= 0.3 is 0 Å². The molecule has 3 rings (SSSR count). The molecule has 1 heterocycles. The van der Waals surface area contributed by atoms with Gasteiger partial charge in [0.15, 0.2) is 0 Å². The number of fused-ring (bicyclic) bond motifs is 1. The van der Waals surface area contributed by atoms with E-state index in [4.69, 9.17) is 4.74 Å². The van der Waals surface area contributed by atoms with E-state index in [1.54, 1.807) is 16.8 Å². The first-order valence-corrected chi connectivity index (χ1v) is 9.52. The molecule has 6 nitrogen and oxygen atoms in total. The maximum Gasteiger partial charge on any atom is 0.262 e. The summed E-state index contributed by atoms with van der Waals surface area (Å²) in [6.07, 6.45) is 2.62. The number of nitrogens with zero attached hydrogens (tertiary/aromatic N) is 3. The summed E-state index contributed by atoms with van der Waals surface area (Å²) >= 11 is 0. The molecule has 0 aliphatic carbocycles. The van der Waals surface area contributed by atoms with Gasteiger partial charge in [0.2, 0.25) is 5.95 Å². The molecule has 0 aliphatic heterocycles. The maximum atomic E-state index is 13.0. The fraction of sp³-hybridized carbons (Fsp3) is 0.318. The van der Waals surface area contributed by atoms with Crippen LogP contribution in [0, 0.1) is 6.92 Å². The molecular formula is C22H26N4O2. The van der Waals surface area contributed by atoms with Crippen molar-refractivity contribution in [2.45, 2.75) is 39.8 Å². The van der Waals surface area contributed by atoms with Crippen molar-refractivity contribution in [1.82, 2.24) is 9.55 Å². The van der Waals surface area contributed by atoms with E-state index in [9.17, 15) is 4.79 Å². The first-order chi connectivity index (χ1) is 13.6. The third-order valence-corrected chi connectivity index (χ3v) is 4.40. The lowest BCUT2D eigenvalue weighted by Crippen LogP contribution is -2.25. The van der Waals surface area contributed by atoms with E-state index in [1.165, 1.54) is 0 Å². The fourth-order valence-electron chi connectivity index (χ4n) is 2.89. The summed E-state index contributed by atoms with van der Waals surface area (Å²) in [6.45, 7) is 7.11. The van der Waals surface area contributed by atoms with Crippen LogP contribution in [0.1, 0.15) is 31.4 Å². The molecule has 0 spiro atoms. The Balaban J connectivity index is 1.87. The van der Waals surface area contributed by atoms with Gasteiger partial charge in [-0.15, -0.1) is 0 Å². The Morgan fingerprint density at radius 2 is 1.93 bits per heavy atom. The Hall–Kier alpha value is -2.99. The summed E-state index contributed by atoms with van der Waals surface area (Å²) in [6, 6.07) is 15.3. The molecule has 0 aliphatic rings. The lowest BCUT2D eigenvalue weighted by molar-refractivity contribution is 0.0748. The maximum absolute atomic E-state index is 13.0. The zero-order valence-corrected chi connectivity index (χ0v) is 16.6. The number of hydrogen-bond acceptors (Lipinski definition) is 5. The summed E-state index contributed by atoms with van der Waals surface area (Å²) in [4.78, 5) is 17.6.